The summed E-state index contributed by atoms with van der Waals surface area (Å²) in [5.41, 5.74) is 4.09. The van der Waals surface area contributed by atoms with Gasteiger partial charge in [0.2, 0.25) is 0 Å². The van der Waals surface area contributed by atoms with Gasteiger partial charge in [0.05, 0.1) is 11.7 Å². The molecular formula is C24H19ClN4S. The number of hydrogen-bond donors (Lipinski definition) is 1. The summed E-state index contributed by atoms with van der Waals surface area (Å²) < 4.78 is 2.16. The summed E-state index contributed by atoms with van der Waals surface area (Å²) in [5, 5.41) is 4.89. The van der Waals surface area contributed by atoms with Gasteiger partial charge < -0.3 is 14.8 Å². The Morgan fingerprint density at radius 3 is 2.43 bits per heavy atom. The van der Waals surface area contributed by atoms with Crippen molar-refractivity contribution in [3.8, 4) is 5.69 Å². The molecule has 0 radical (unpaired) electrons. The van der Waals surface area contributed by atoms with Crippen LogP contribution in [-0.2, 0) is 0 Å². The molecule has 6 heteroatoms. The molecule has 2 aromatic carbocycles. The highest BCUT2D eigenvalue weighted by atomic mass is 35.5. The van der Waals surface area contributed by atoms with Crippen molar-refractivity contribution in [2.45, 2.75) is 12.1 Å². The second-order valence-electron chi connectivity index (χ2n) is 7.12. The van der Waals surface area contributed by atoms with Crippen LogP contribution in [0.1, 0.15) is 23.5 Å². The first-order valence-electron chi connectivity index (χ1n) is 9.71. The molecule has 0 amide bonds. The van der Waals surface area contributed by atoms with Crippen molar-refractivity contribution in [1.29, 1.82) is 0 Å². The monoisotopic (exact) mass is 430 g/mol. The van der Waals surface area contributed by atoms with Gasteiger partial charge in [-0.1, -0.05) is 41.9 Å². The standard InChI is InChI=1S/C24H19ClN4S/c25-17-8-6-11-19(16-17)28-15-7-13-21(28)23-22(20-12-4-5-14-26-20)27-24(30)29(23)18-9-2-1-3-10-18/h1-16,22-23H,(H,27,30)/t22-,23+/m0/s1. The van der Waals surface area contributed by atoms with Gasteiger partial charge in [-0.3, -0.25) is 4.98 Å². The van der Waals surface area contributed by atoms with E-state index in [4.69, 9.17) is 23.8 Å². The van der Waals surface area contributed by atoms with Gasteiger partial charge in [0.1, 0.15) is 6.04 Å². The predicted octanol–water partition coefficient (Wildman–Crippen LogP) is 5.70. The first kappa shape index (κ1) is 18.9. The van der Waals surface area contributed by atoms with Gasteiger partial charge in [0.15, 0.2) is 5.11 Å². The van der Waals surface area contributed by atoms with Crippen molar-refractivity contribution in [1.82, 2.24) is 14.9 Å². The molecule has 1 saturated heterocycles. The first-order valence-corrected chi connectivity index (χ1v) is 10.5. The summed E-state index contributed by atoms with van der Waals surface area (Å²) in [5.74, 6) is 0. The van der Waals surface area contributed by atoms with E-state index in [9.17, 15) is 0 Å². The molecule has 0 spiro atoms. The van der Waals surface area contributed by atoms with Crippen LogP contribution in [0.5, 0.6) is 0 Å². The number of benzene rings is 2. The lowest BCUT2D eigenvalue weighted by Gasteiger charge is -2.29. The lowest BCUT2D eigenvalue weighted by atomic mass is 10.0. The van der Waals surface area contributed by atoms with Gasteiger partial charge in [-0.25, -0.2) is 0 Å². The summed E-state index contributed by atoms with van der Waals surface area (Å²) >= 11 is 12.1. The number of pyridine rings is 1. The zero-order valence-electron chi connectivity index (χ0n) is 16.0. The Morgan fingerprint density at radius 1 is 0.867 bits per heavy atom. The fourth-order valence-electron chi connectivity index (χ4n) is 4.02. The van der Waals surface area contributed by atoms with Gasteiger partial charge in [0, 0.05) is 34.5 Å². The van der Waals surface area contributed by atoms with Crippen molar-refractivity contribution in [2.75, 3.05) is 4.90 Å². The first-order chi connectivity index (χ1) is 14.7. The van der Waals surface area contributed by atoms with E-state index in [0.717, 1.165) is 22.8 Å². The summed E-state index contributed by atoms with van der Waals surface area (Å²) in [7, 11) is 0. The number of hydrogen-bond acceptors (Lipinski definition) is 2. The SMILES string of the molecule is S=C1N[C@@H](c2ccccn2)[C@@H](c2cccn2-c2cccc(Cl)c2)N1c1ccccc1. The predicted molar refractivity (Wildman–Crippen MR) is 125 cm³/mol. The minimum absolute atomic E-state index is 0.0798. The summed E-state index contributed by atoms with van der Waals surface area (Å²) in [6.07, 6.45) is 3.87. The summed E-state index contributed by atoms with van der Waals surface area (Å²) in [6, 6.07) is 28.1. The maximum absolute atomic E-state index is 6.28. The average molecular weight is 431 g/mol. The number of anilines is 1. The van der Waals surface area contributed by atoms with E-state index in [2.05, 4.69) is 56.3 Å². The van der Waals surface area contributed by atoms with E-state index in [1.165, 1.54) is 0 Å². The van der Waals surface area contributed by atoms with Gasteiger partial charge in [0.25, 0.3) is 0 Å². The molecule has 3 heterocycles. The van der Waals surface area contributed by atoms with Crippen LogP contribution in [0.3, 0.4) is 0 Å². The molecule has 30 heavy (non-hydrogen) atoms. The lowest BCUT2D eigenvalue weighted by molar-refractivity contribution is 0.549. The number of halogens is 1. The molecule has 1 aliphatic heterocycles. The van der Waals surface area contributed by atoms with E-state index in [-0.39, 0.29) is 12.1 Å². The van der Waals surface area contributed by atoms with Crippen LogP contribution in [0.4, 0.5) is 5.69 Å². The summed E-state index contributed by atoms with van der Waals surface area (Å²) in [6.45, 7) is 0. The van der Waals surface area contributed by atoms with Crippen molar-refractivity contribution in [3.05, 3.63) is 114 Å². The van der Waals surface area contributed by atoms with E-state index in [0.29, 0.717) is 10.1 Å². The van der Waals surface area contributed by atoms with Crippen molar-refractivity contribution >= 4 is 34.6 Å². The number of para-hydroxylation sites is 1. The molecule has 148 valence electrons. The molecule has 0 unspecified atom stereocenters. The fourth-order valence-corrected chi connectivity index (χ4v) is 4.55. The van der Waals surface area contributed by atoms with Gasteiger partial charge in [-0.15, -0.1) is 0 Å². The topological polar surface area (TPSA) is 33.1 Å². The molecule has 2 aromatic heterocycles. The third-order valence-corrected chi connectivity index (χ3v) is 5.85. The van der Waals surface area contributed by atoms with Crippen molar-refractivity contribution in [2.24, 2.45) is 0 Å². The molecule has 0 saturated carbocycles. The second-order valence-corrected chi connectivity index (χ2v) is 7.94. The largest absolute Gasteiger partial charge is 0.351 e. The van der Waals surface area contributed by atoms with Crippen LogP contribution >= 0.6 is 23.8 Å². The molecule has 0 aliphatic carbocycles. The highest BCUT2D eigenvalue weighted by Gasteiger charge is 2.42. The van der Waals surface area contributed by atoms with E-state index in [1.807, 2.05) is 60.8 Å². The average Bonchev–Trinajstić information content (AvgIpc) is 3.39. The summed E-state index contributed by atoms with van der Waals surface area (Å²) in [4.78, 5) is 6.79. The lowest BCUT2D eigenvalue weighted by Crippen LogP contribution is -2.30. The quantitative estimate of drug-likeness (QED) is 0.421. The fraction of sp³-hybridized carbons (Fsp3) is 0.0833. The van der Waals surface area contributed by atoms with Gasteiger partial charge >= 0.3 is 0 Å². The van der Waals surface area contributed by atoms with Gasteiger partial charge in [-0.05, 0) is 66.8 Å². The Balaban J connectivity index is 1.67. The Hall–Kier alpha value is -3.15. The second kappa shape index (κ2) is 7.94. The smallest absolute Gasteiger partial charge is 0.174 e. The highest BCUT2D eigenvalue weighted by Crippen LogP contribution is 2.42. The molecule has 4 nitrogen and oxygen atoms in total. The normalized spacial score (nSPS) is 18.4. The Kier molecular flexibility index (Phi) is 4.99. The van der Waals surface area contributed by atoms with Crippen molar-refractivity contribution < 1.29 is 0 Å². The van der Waals surface area contributed by atoms with E-state index >= 15 is 0 Å². The molecule has 4 aromatic rings. The third kappa shape index (κ3) is 3.36. The zero-order valence-corrected chi connectivity index (χ0v) is 17.6. The molecule has 2 atom stereocenters. The van der Waals surface area contributed by atoms with Crippen molar-refractivity contribution in [3.63, 3.8) is 0 Å². The Labute approximate surface area is 185 Å². The third-order valence-electron chi connectivity index (χ3n) is 5.30. The number of nitrogens with zero attached hydrogens (tertiary/aromatic N) is 3. The number of thiocarbonyl (C=S) groups is 1. The van der Waals surface area contributed by atoms with E-state index in [1.54, 1.807) is 0 Å². The molecular weight excluding hydrogens is 412 g/mol. The molecule has 5 rings (SSSR count). The van der Waals surface area contributed by atoms with Crippen LogP contribution in [0, 0.1) is 0 Å². The Bertz CT molecular complexity index is 1180. The van der Waals surface area contributed by atoms with Crippen LogP contribution < -0.4 is 10.2 Å². The minimum atomic E-state index is -0.0910. The van der Waals surface area contributed by atoms with Crippen LogP contribution in [-0.4, -0.2) is 14.7 Å². The molecule has 1 aliphatic rings. The van der Waals surface area contributed by atoms with Crippen LogP contribution in [0.2, 0.25) is 5.02 Å². The van der Waals surface area contributed by atoms with E-state index < -0.39 is 0 Å². The highest BCUT2D eigenvalue weighted by molar-refractivity contribution is 7.80. The zero-order chi connectivity index (χ0) is 20.5. The maximum atomic E-state index is 6.28. The van der Waals surface area contributed by atoms with Gasteiger partial charge in [-0.2, -0.15) is 0 Å². The molecule has 1 fully saturated rings. The number of aromatic nitrogens is 2. The molecule has 1 N–H and O–H groups in total. The Morgan fingerprint density at radius 2 is 1.67 bits per heavy atom. The van der Waals surface area contributed by atoms with Crippen LogP contribution in [0.25, 0.3) is 5.69 Å². The minimum Gasteiger partial charge on any atom is -0.351 e. The number of rotatable bonds is 4. The van der Waals surface area contributed by atoms with Crippen LogP contribution in [0.15, 0.2) is 97.3 Å². The molecule has 0 bridgehead atoms. The maximum Gasteiger partial charge on any atom is 0.174 e. The number of nitrogens with one attached hydrogen (secondary N) is 1.